The number of nitrogens with one attached hydrogen (secondary N) is 2. The van der Waals surface area contributed by atoms with Crippen molar-refractivity contribution >= 4 is 27.6 Å². The number of amides is 1. The van der Waals surface area contributed by atoms with Crippen molar-refractivity contribution in [2.45, 2.75) is 69.2 Å². The summed E-state index contributed by atoms with van der Waals surface area (Å²) in [6, 6.07) is 13.8. The van der Waals surface area contributed by atoms with Crippen molar-refractivity contribution in [3.63, 3.8) is 0 Å². The summed E-state index contributed by atoms with van der Waals surface area (Å²) in [6.07, 6.45) is 6.05. The molecule has 2 N–H and O–H groups in total. The first-order chi connectivity index (χ1) is 15.9. The summed E-state index contributed by atoms with van der Waals surface area (Å²) in [4.78, 5) is 24.1. The van der Waals surface area contributed by atoms with E-state index in [9.17, 15) is 18.0 Å². The molecule has 1 saturated carbocycles. The van der Waals surface area contributed by atoms with Gasteiger partial charge >= 0.3 is 5.97 Å². The van der Waals surface area contributed by atoms with Crippen LogP contribution in [0.1, 0.15) is 56.6 Å². The highest BCUT2D eigenvalue weighted by Gasteiger charge is 2.21. The Labute approximate surface area is 196 Å². The number of hydrogen-bond acceptors (Lipinski definition) is 5. The van der Waals surface area contributed by atoms with Crippen LogP contribution in [0.25, 0.3) is 0 Å². The van der Waals surface area contributed by atoms with Gasteiger partial charge in [0.25, 0.3) is 0 Å². The molecule has 1 amide bonds. The lowest BCUT2D eigenvalue weighted by Gasteiger charge is -2.22. The van der Waals surface area contributed by atoms with E-state index in [2.05, 4.69) is 10.0 Å². The minimum Gasteiger partial charge on any atom is -0.466 e. The topological polar surface area (TPSA) is 102 Å². The SMILES string of the molecule is CCOC(=O)Cc1ccc(NC(=O)CCc2ccc(S(=O)(=O)NC3CCCCC3)cc2)cc1. The van der Waals surface area contributed by atoms with Crippen LogP contribution in [0.15, 0.2) is 53.4 Å². The molecule has 0 bridgehead atoms. The second kappa shape index (κ2) is 12.0. The predicted octanol–water partition coefficient (Wildman–Crippen LogP) is 3.97. The normalized spacial score (nSPS) is 14.6. The summed E-state index contributed by atoms with van der Waals surface area (Å²) in [5.74, 6) is -0.415. The third kappa shape index (κ3) is 7.98. The molecule has 0 spiro atoms. The molecule has 178 valence electrons. The zero-order valence-electron chi connectivity index (χ0n) is 19.0. The van der Waals surface area contributed by atoms with Crippen molar-refractivity contribution in [3.05, 3.63) is 59.7 Å². The van der Waals surface area contributed by atoms with Gasteiger partial charge in [-0.3, -0.25) is 9.59 Å². The number of carbonyl (C=O) groups is 2. The van der Waals surface area contributed by atoms with Crippen LogP contribution in [0.3, 0.4) is 0 Å². The van der Waals surface area contributed by atoms with E-state index >= 15 is 0 Å². The highest BCUT2D eigenvalue weighted by Crippen LogP contribution is 2.20. The van der Waals surface area contributed by atoms with E-state index in [4.69, 9.17) is 4.74 Å². The Kier molecular flexibility index (Phi) is 9.03. The van der Waals surface area contributed by atoms with Gasteiger partial charge in [0.05, 0.1) is 17.9 Å². The lowest BCUT2D eigenvalue weighted by atomic mass is 9.96. The van der Waals surface area contributed by atoms with E-state index in [1.54, 1.807) is 55.5 Å². The molecular weight excluding hydrogens is 440 g/mol. The Balaban J connectivity index is 1.46. The Morgan fingerprint density at radius 2 is 1.58 bits per heavy atom. The Hall–Kier alpha value is -2.71. The van der Waals surface area contributed by atoms with Crippen LogP contribution >= 0.6 is 0 Å². The molecule has 0 unspecified atom stereocenters. The Morgan fingerprint density at radius 3 is 2.21 bits per heavy atom. The third-order valence-corrected chi connectivity index (χ3v) is 7.23. The highest BCUT2D eigenvalue weighted by atomic mass is 32.2. The maximum absolute atomic E-state index is 12.6. The largest absolute Gasteiger partial charge is 0.466 e. The Morgan fingerprint density at radius 1 is 0.939 bits per heavy atom. The number of esters is 1. The minimum absolute atomic E-state index is 0.0198. The fourth-order valence-electron chi connectivity index (χ4n) is 3.91. The first kappa shape index (κ1) is 24.9. The fraction of sp³-hybridized carbons (Fsp3) is 0.440. The van der Waals surface area contributed by atoms with E-state index in [0.29, 0.717) is 18.7 Å². The van der Waals surface area contributed by atoms with Crippen LogP contribution in [0, 0.1) is 0 Å². The number of ether oxygens (including phenoxy) is 1. The Bertz CT molecular complexity index is 1030. The highest BCUT2D eigenvalue weighted by molar-refractivity contribution is 7.89. The van der Waals surface area contributed by atoms with Gasteiger partial charge in [0, 0.05) is 18.2 Å². The summed E-state index contributed by atoms with van der Waals surface area (Å²) in [5.41, 5.74) is 2.37. The third-order valence-electron chi connectivity index (χ3n) is 5.69. The molecule has 0 aliphatic heterocycles. The molecule has 0 aromatic heterocycles. The molecule has 0 radical (unpaired) electrons. The zero-order chi connectivity index (χ0) is 23.7. The molecule has 33 heavy (non-hydrogen) atoms. The second-order valence-electron chi connectivity index (χ2n) is 8.33. The molecule has 7 nitrogen and oxygen atoms in total. The zero-order valence-corrected chi connectivity index (χ0v) is 19.8. The van der Waals surface area contributed by atoms with E-state index in [1.165, 1.54) is 6.42 Å². The van der Waals surface area contributed by atoms with Crippen LogP contribution in [-0.2, 0) is 37.2 Å². The predicted molar refractivity (Wildman–Crippen MR) is 127 cm³/mol. The number of rotatable bonds is 10. The number of carbonyl (C=O) groups excluding carboxylic acids is 2. The first-order valence-electron chi connectivity index (χ1n) is 11.5. The van der Waals surface area contributed by atoms with Gasteiger partial charge in [-0.15, -0.1) is 0 Å². The van der Waals surface area contributed by atoms with Crippen molar-refractivity contribution in [2.75, 3.05) is 11.9 Å². The van der Waals surface area contributed by atoms with Crippen LogP contribution in [-0.4, -0.2) is 32.9 Å². The van der Waals surface area contributed by atoms with Gasteiger partial charge in [-0.2, -0.15) is 0 Å². The molecule has 8 heteroatoms. The van der Waals surface area contributed by atoms with Gasteiger partial charge in [-0.1, -0.05) is 43.5 Å². The van der Waals surface area contributed by atoms with Crippen molar-refractivity contribution in [1.29, 1.82) is 0 Å². The average Bonchev–Trinajstić information content (AvgIpc) is 2.80. The van der Waals surface area contributed by atoms with Gasteiger partial charge in [0.15, 0.2) is 0 Å². The van der Waals surface area contributed by atoms with Crippen LogP contribution < -0.4 is 10.0 Å². The number of aryl methyl sites for hydroxylation is 1. The van der Waals surface area contributed by atoms with Crippen molar-refractivity contribution in [1.82, 2.24) is 4.72 Å². The van der Waals surface area contributed by atoms with E-state index in [0.717, 1.165) is 36.8 Å². The van der Waals surface area contributed by atoms with Crippen molar-refractivity contribution in [2.24, 2.45) is 0 Å². The van der Waals surface area contributed by atoms with Crippen LogP contribution in [0.4, 0.5) is 5.69 Å². The average molecular weight is 473 g/mol. The summed E-state index contributed by atoms with van der Waals surface area (Å²) in [7, 11) is -3.52. The van der Waals surface area contributed by atoms with Gasteiger partial charge in [0.2, 0.25) is 15.9 Å². The fourth-order valence-corrected chi connectivity index (χ4v) is 5.21. The molecule has 0 saturated heterocycles. The maximum Gasteiger partial charge on any atom is 0.310 e. The quantitative estimate of drug-likeness (QED) is 0.510. The second-order valence-corrected chi connectivity index (χ2v) is 10.0. The van der Waals surface area contributed by atoms with Gasteiger partial charge in [-0.25, -0.2) is 13.1 Å². The number of sulfonamides is 1. The molecule has 1 aliphatic rings. The first-order valence-corrected chi connectivity index (χ1v) is 13.0. The van der Waals surface area contributed by atoms with Gasteiger partial charge in [0.1, 0.15) is 0 Å². The molecule has 1 aliphatic carbocycles. The van der Waals surface area contributed by atoms with Gasteiger partial charge in [-0.05, 0) is 61.6 Å². The molecule has 2 aromatic rings. The van der Waals surface area contributed by atoms with Gasteiger partial charge < -0.3 is 10.1 Å². The monoisotopic (exact) mass is 472 g/mol. The van der Waals surface area contributed by atoms with E-state index in [-0.39, 0.29) is 35.7 Å². The van der Waals surface area contributed by atoms with Crippen molar-refractivity contribution in [3.8, 4) is 0 Å². The molecule has 0 atom stereocenters. The van der Waals surface area contributed by atoms with Crippen LogP contribution in [0.5, 0.6) is 0 Å². The lowest BCUT2D eigenvalue weighted by Crippen LogP contribution is -2.36. The summed E-state index contributed by atoms with van der Waals surface area (Å²) in [6.45, 7) is 2.12. The number of benzene rings is 2. The van der Waals surface area contributed by atoms with Crippen LogP contribution in [0.2, 0.25) is 0 Å². The number of anilines is 1. The molecule has 0 heterocycles. The number of hydrogen-bond donors (Lipinski definition) is 2. The summed E-state index contributed by atoms with van der Waals surface area (Å²) < 4.78 is 32.9. The minimum atomic E-state index is -3.52. The maximum atomic E-state index is 12.6. The van der Waals surface area contributed by atoms with Crippen molar-refractivity contribution < 1.29 is 22.7 Å². The van der Waals surface area contributed by atoms with E-state index in [1.807, 2.05) is 0 Å². The molecule has 1 fully saturated rings. The molecular formula is C25H32N2O5S. The summed E-state index contributed by atoms with van der Waals surface area (Å²) in [5, 5.41) is 2.84. The molecule has 2 aromatic carbocycles. The summed E-state index contributed by atoms with van der Waals surface area (Å²) >= 11 is 0. The smallest absolute Gasteiger partial charge is 0.310 e. The lowest BCUT2D eigenvalue weighted by molar-refractivity contribution is -0.142. The van der Waals surface area contributed by atoms with E-state index < -0.39 is 10.0 Å². The standard InChI is InChI=1S/C25H32N2O5S/c1-2-32-25(29)18-20-8-13-21(14-9-20)26-24(28)17-12-19-10-15-23(16-11-19)33(30,31)27-22-6-4-3-5-7-22/h8-11,13-16,22,27H,2-7,12,17-18H2,1H3,(H,26,28). The molecule has 3 rings (SSSR count).